The van der Waals surface area contributed by atoms with E-state index in [1.807, 2.05) is 11.8 Å². The van der Waals surface area contributed by atoms with Gasteiger partial charge in [0.05, 0.1) is 7.11 Å². The lowest BCUT2D eigenvalue weighted by Crippen LogP contribution is -2.54. The Morgan fingerprint density at radius 1 is 1.23 bits per heavy atom. The average Bonchev–Trinajstić information content (AvgIpc) is 3.53. The molecular weight excluding hydrogens is 391 g/mol. The molecule has 0 radical (unpaired) electrons. The number of methoxy groups -OCH3 is 1. The Balaban J connectivity index is 1.38. The van der Waals surface area contributed by atoms with Crippen LogP contribution in [-0.4, -0.2) is 61.6 Å². The zero-order chi connectivity index (χ0) is 21.5. The molecule has 4 amide bonds. The van der Waals surface area contributed by atoms with Crippen molar-refractivity contribution in [1.29, 1.82) is 0 Å². The first-order valence-corrected chi connectivity index (χ1v) is 10.3. The minimum Gasteiger partial charge on any atom is -0.497 e. The molecule has 0 spiro atoms. The lowest BCUT2D eigenvalue weighted by molar-refractivity contribution is -0.137. The van der Waals surface area contributed by atoms with Gasteiger partial charge >= 0.3 is 6.03 Å². The van der Waals surface area contributed by atoms with E-state index in [9.17, 15) is 18.8 Å². The number of carbonyl (C=O) groups excluding carboxylic acids is 3. The largest absolute Gasteiger partial charge is 0.497 e. The van der Waals surface area contributed by atoms with Gasteiger partial charge in [-0.25, -0.2) is 9.18 Å². The third-order valence-electron chi connectivity index (χ3n) is 6.34. The van der Waals surface area contributed by atoms with E-state index < -0.39 is 17.5 Å². The van der Waals surface area contributed by atoms with Crippen molar-refractivity contribution in [3.63, 3.8) is 0 Å². The van der Waals surface area contributed by atoms with Crippen molar-refractivity contribution in [2.45, 2.75) is 31.7 Å². The highest BCUT2D eigenvalue weighted by Gasteiger charge is 2.56. The van der Waals surface area contributed by atoms with E-state index in [0.29, 0.717) is 38.3 Å². The van der Waals surface area contributed by atoms with Gasteiger partial charge in [-0.05, 0) is 31.2 Å². The van der Waals surface area contributed by atoms with E-state index in [2.05, 4.69) is 10.6 Å². The summed E-state index contributed by atoms with van der Waals surface area (Å²) in [5, 5.41) is 5.12. The number of halogens is 1. The van der Waals surface area contributed by atoms with Crippen molar-refractivity contribution in [2.75, 3.05) is 38.2 Å². The van der Waals surface area contributed by atoms with Crippen molar-refractivity contribution in [3.05, 3.63) is 24.0 Å². The van der Waals surface area contributed by atoms with Crippen LogP contribution in [-0.2, 0) is 9.59 Å². The van der Waals surface area contributed by atoms with Crippen LogP contribution in [0.25, 0.3) is 0 Å². The van der Waals surface area contributed by atoms with E-state index in [1.54, 1.807) is 11.0 Å². The standard InChI is InChI=1S/C21H27FN4O4/c1-13(12-21(14-3-4-14)19(28)23-20(29)24-21)18(27)26-7-5-25(6-8-26)16-9-15(22)10-17(11-16)30-2/h9-11,13-14H,3-8,12H2,1-2H3,(H2,23,24,28,29)/t13-,21-/m0/s1. The highest BCUT2D eigenvalue weighted by Crippen LogP contribution is 2.44. The molecule has 0 unspecified atom stereocenters. The summed E-state index contributed by atoms with van der Waals surface area (Å²) in [6.07, 6.45) is 2.06. The van der Waals surface area contributed by atoms with Gasteiger partial charge in [0.2, 0.25) is 5.91 Å². The number of piperazine rings is 1. The maximum absolute atomic E-state index is 13.8. The number of urea groups is 1. The number of ether oxygens (including phenoxy) is 1. The number of rotatable bonds is 6. The Bertz CT molecular complexity index is 867. The SMILES string of the molecule is COc1cc(F)cc(N2CCN(C(=O)[C@@H](C)C[C@@]3(C4CC4)NC(=O)NC3=O)CC2)c1. The number of nitrogens with zero attached hydrogens (tertiary/aromatic N) is 2. The smallest absolute Gasteiger partial charge is 0.322 e. The molecule has 8 nitrogen and oxygen atoms in total. The first-order valence-electron chi connectivity index (χ1n) is 10.3. The Hall–Kier alpha value is -2.84. The molecule has 1 aromatic rings. The fourth-order valence-corrected chi connectivity index (χ4v) is 4.59. The Morgan fingerprint density at radius 2 is 1.93 bits per heavy atom. The molecule has 4 rings (SSSR count). The molecule has 162 valence electrons. The molecule has 0 aromatic heterocycles. The topological polar surface area (TPSA) is 91.0 Å². The second kappa shape index (κ2) is 7.77. The van der Waals surface area contributed by atoms with Crippen molar-refractivity contribution in [2.24, 2.45) is 11.8 Å². The van der Waals surface area contributed by atoms with Crippen LogP contribution in [0.5, 0.6) is 5.75 Å². The monoisotopic (exact) mass is 418 g/mol. The van der Waals surface area contributed by atoms with Crippen LogP contribution in [0.3, 0.4) is 0 Å². The van der Waals surface area contributed by atoms with Crippen molar-refractivity contribution >= 4 is 23.5 Å². The average molecular weight is 418 g/mol. The molecule has 1 aliphatic carbocycles. The van der Waals surface area contributed by atoms with Gasteiger partial charge in [-0.15, -0.1) is 0 Å². The van der Waals surface area contributed by atoms with Crippen molar-refractivity contribution in [1.82, 2.24) is 15.5 Å². The van der Waals surface area contributed by atoms with E-state index in [4.69, 9.17) is 4.74 Å². The second-order valence-corrected chi connectivity index (χ2v) is 8.42. The maximum atomic E-state index is 13.8. The summed E-state index contributed by atoms with van der Waals surface area (Å²) in [6, 6.07) is 4.09. The fourth-order valence-electron chi connectivity index (χ4n) is 4.59. The molecule has 9 heteroatoms. The zero-order valence-electron chi connectivity index (χ0n) is 17.2. The Kier molecular flexibility index (Phi) is 5.29. The van der Waals surface area contributed by atoms with Crippen LogP contribution < -0.4 is 20.3 Å². The van der Waals surface area contributed by atoms with Crippen molar-refractivity contribution in [3.8, 4) is 5.75 Å². The van der Waals surface area contributed by atoms with Gasteiger partial charge in [-0.1, -0.05) is 6.92 Å². The van der Waals surface area contributed by atoms with Gasteiger partial charge in [-0.2, -0.15) is 0 Å². The van der Waals surface area contributed by atoms with E-state index in [0.717, 1.165) is 18.5 Å². The summed E-state index contributed by atoms with van der Waals surface area (Å²) >= 11 is 0. The van der Waals surface area contributed by atoms with Crippen LogP contribution in [0.15, 0.2) is 18.2 Å². The molecule has 2 aliphatic heterocycles. The summed E-state index contributed by atoms with van der Waals surface area (Å²) in [4.78, 5) is 41.0. The van der Waals surface area contributed by atoms with Crippen LogP contribution in [0.1, 0.15) is 26.2 Å². The summed E-state index contributed by atoms with van der Waals surface area (Å²) in [5.41, 5.74) is -0.239. The number of carbonyl (C=O) groups is 3. The Labute approximate surface area is 174 Å². The number of nitrogens with one attached hydrogen (secondary N) is 2. The number of hydrogen-bond donors (Lipinski definition) is 2. The van der Waals surface area contributed by atoms with Gasteiger partial charge in [0.15, 0.2) is 0 Å². The maximum Gasteiger partial charge on any atom is 0.322 e. The van der Waals surface area contributed by atoms with Gasteiger partial charge in [-0.3, -0.25) is 14.9 Å². The minimum absolute atomic E-state index is 0.0274. The lowest BCUT2D eigenvalue weighted by atomic mass is 9.83. The molecule has 30 heavy (non-hydrogen) atoms. The van der Waals surface area contributed by atoms with E-state index in [-0.39, 0.29) is 23.5 Å². The highest BCUT2D eigenvalue weighted by molar-refractivity contribution is 6.07. The lowest BCUT2D eigenvalue weighted by Gasteiger charge is -2.38. The highest BCUT2D eigenvalue weighted by atomic mass is 19.1. The summed E-state index contributed by atoms with van der Waals surface area (Å²) < 4.78 is 18.9. The molecule has 2 N–H and O–H groups in total. The molecule has 3 fully saturated rings. The molecule has 2 atom stereocenters. The number of hydrogen-bond acceptors (Lipinski definition) is 5. The van der Waals surface area contributed by atoms with Gasteiger partial charge in [0, 0.05) is 49.9 Å². The molecule has 1 aromatic carbocycles. The van der Waals surface area contributed by atoms with E-state index in [1.165, 1.54) is 19.2 Å². The predicted molar refractivity (Wildman–Crippen MR) is 108 cm³/mol. The Morgan fingerprint density at radius 3 is 2.50 bits per heavy atom. The summed E-state index contributed by atoms with van der Waals surface area (Å²) in [7, 11) is 1.50. The first kappa shape index (κ1) is 20.4. The van der Waals surface area contributed by atoms with Crippen LogP contribution >= 0.6 is 0 Å². The fraction of sp³-hybridized carbons (Fsp3) is 0.571. The summed E-state index contributed by atoms with van der Waals surface area (Å²) in [5.74, 6) is -0.548. The van der Waals surface area contributed by atoms with Crippen LogP contribution in [0.2, 0.25) is 0 Å². The molecular formula is C21H27FN4O4. The number of amides is 4. The molecule has 2 heterocycles. The van der Waals surface area contributed by atoms with Crippen LogP contribution in [0, 0.1) is 17.7 Å². The van der Waals surface area contributed by atoms with Gasteiger partial charge in [0.1, 0.15) is 17.1 Å². The zero-order valence-corrected chi connectivity index (χ0v) is 17.2. The summed E-state index contributed by atoms with van der Waals surface area (Å²) in [6.45, 7) is 3.99. The molecule has 1 saturated carbocycles. The normalized spacial score (nSPS) is 25.0. The van der Waals surface area contributed by atoms with Gasteiger partial charge < -0.3 is 19.9 Å². The quantitative estimate of drug-likeness (QED) is 0.684. The minimum atomic E-state index is -0.966. The third-order valence-corrected chi connectivity index (χ3v) is 6.34. The predicted octanol–water partition coefficient (Wildman–Crippen LogP) is 1.50. The van der Waals surface area contributed by atoms with Crippen LogP contribution in [0.4, 0.5) is 14.9 Å². The number of benzene rings is 1. The number of anilines is 1. The molecule has 0 bridgehead atoms. The number of imide groups is 1. The van der Waals surface area contributed by atoms with Gasteiger partial charge in [0.25, 0.3) is 5.91 Å². The molecule has 3 aliphatic rings. The third kappa shape index (κ3) is 3.80. The van der Waals surface area contributed by atoms with Crippen molar-refractivity contribution < 1.29 is 23.5 Å². The molecule has 2 saturated heterocycles. The second-order valence-electron chi connectivity index (χ2n) is 8.42. The van der Waals surface area contributed by atoms with E-state index >= 15 is 0 Å². The first-order chi connectivity index (χ1) is 14.3.